The molecule has 0 aliphatic rings. The van der Waals surface area contributed by atoms with E-state index in [1.807, 2.05) is 0 Å². The third kappa shape index (κ3) is 4.73. The molecule has 5 rings (SSSR count). The highest BCUT2D eigenvalue weighted by Crippen LogP contribution is 2.39. The maximum Gasteiger partial charge on any atom is 0.255 e. The lowest BCUT2D eigenvalue weighted by Gasteiger charge is -2.15. The lowest BCUT2D eigenvalue weighted by atomic mass is 9.96. The molecule has 0 aliphatic heterocycles. The average Bonchev–Trinajstić information content (AvgIpc) is 3.36. The summed E-state index contributed by atoms with van der Waals surface area (Å²) in [6, 6.07) is 11.9. The number of hydrogen-bond acceptors (Lipinski definition) is 6. The summed E-state index contributed by atoms with van der Waals surface area (Å²) in [6.07, 6.45) is 2.66. The molecule has 0 saturated heterocycles. The number of aromatic nitrogens is 2. The molecule has 37 heavy (non-hydrogen) atoms. The van der Waals surface area contributed by atoms with Crippen LogP contribution in [-0.2, 0) is 15.6 Å². The van der Waals surface area contributed by atoms with Crippen LogP contribution in [0.25, 0.3) is 33.0 Å². The normalized spacial score (nSPS) is 11.7. The van der Waals surface area contributed by atoms with Crippen molar-refractivity contribution in [2.45, 2.75) is 10.6 Å². The first-order chi connectivity index (χ1) is 17.7. The zero-order chi connectivity index (χ0) is 26.3. The minimum Gasteiger partial charge on any atom is -0.496 e. The average molecular weight is 543 g/mol. The Bertz CT molecular complexity index is 1800. The molecule has 188 valence electrons. The molecule has 2 heterocycles. The smallest absolute Gasteiger partial charge is 0.255 e. The van der Waals surface area contributed by atoms with Gasteiger partial charge in [0, 0.05) is 39.4 Å². The first kappa shape index (κ1) is 24.7. The molecule has 0 saturated carbocycles. The Labute approximate surface area is 214 Å². The number of halogens is 3. The Hall–Kier alpha value is -4.02. The number of nitrogens with zero attached hydrogens (tertiary/aromatic N) is 1. The maximum absolute atomic E-state index is 15.3. The fourth-order valence-corrected chi connectivity index (χ4v) is 5.61. The number of pyridine rings is 1. The quantitative estimate of drug-likeness (QED) is 0.292. The first-order valence-electron chi connectivity index (χ1n) is 10.8. The van der Waals surface area contributed by atoms with Gasteiger partial charge in [0.1, 0.15) is 29.4 Å². The summed E-state index contributed by atoms with van der Waals surface area (Å²) in [5, 5.41) is 4.20. The van der Waals surface area contributed by atoms with Crippen molar-refractivity contribution >= 4 is 32.2 Å². The van der Waals surface area contributed by atoms with Gasteiger partial charge in [0.05, 0.1) is 17.7 Å². The first-order valence-corrected chi connectivity index (χ1v) is 12.8. The molecule has 0 fully saturated rings. The predicted molar refractivity (Wildman–Crippen MR) is 134 cm³/mol. The molecule has 3 aromatic carbocycles. The number of ether oxygens (including phenoxy) is 1. The van der Waals surface area contributed by atoms with E-state index in [1.54, 1.807) is 0 Å². The predicted octanol–water partition coefficient (Wildman–Crippen LogP) is 5.76. The van der Waals surface area contributed by atoms with E-state index in [4.69, 9.17) is 20.9 Å². The molecule has 0 unspecified atom stereocenters. The second kappa shape index (κ2) is 9.45. The standard InChI is InChI=1S/C26H17ClF2N2O5S/c1-35-25-11-20(14-6-15(27)8-16(28)7-14)24(29)10-21(25)23-12-30-26(32)22-9-18(2-3-19(22)23)37(33,34)13-17-4-5-36-31-17/h2-12H,13H2,1H3,(H,30,32). The SMILES string of the molecule is COc1cc(-c2cc(F)cc(Cl)c2)c(F)cc1-c1c[nH]c(=O)c2cc(S(=O)(=O)Cc3ccon3)ccc12. The highest BCUT2D eigenvalue weighted by atomic mass is 35.5. The Kier molecular flexibility index (Phi) is 6.30. The van der Waals surface area contributed by atoms with Gasteiger partial charge in [-0.25, -0.2) is 17.2 Å². The maximum atomic E-state index is 15.3. The van der Waals surface area contributed by atoms with Crippen LogP contribution >= 0.6 is 11.6 Å². The number of hydrogen-bond donors (Lipinski definition) is 1. The zero-order valence-corrected chi connectivity index (χ0v) is 20.7. The molecule has 5 aromatic rings. The Morgan fingerprint density at radius 1 is 1.00 bits per heavy atom. The van der Waals surface area contributed by atoms with Crippen LogP contribution in [0.2, 0.25) is 5.02 Å². The topological polar surface area (TPSA) is 102 Å². The third-order valence-electron chi connectivity index (χ3n) is 5.81. The van der Waals surface area contributed by atoms with E-state index in [1.165, 1.54) is 62.0 Å². The molecular formula is C26H17ClF2N2O5S. The molecule has 0 spiro atoms. The number of benzene rings is 3. The third-order valence-corrected chi connectivity index (χ3v) is 7.68. The summed E-state index contributed by atoms with van der Waals surface area (Å²) < 4.78 is 65.1. The van der Waals surface area contributed by atoms with Crippen molar-refractivity contribution < 1.29 is 26.5 Å². The van der Waals surface area contributed by atoms with E-state index >= 15 is 4.39 Å². The number of rotatable bonds is 6. The van der Waals surface area contributed by atoms with Crippen molar-refractivity contribution in [2.75, 3.05) is 7.11 Å². The number of sulfone groups is 1. The van der Waals surface area contributed by atoms with Crippen LogP contribution in [0.3, 0.4) is 0 Å². The largest absolute Gasteiger partial charge is 0.496 e. The lowest BCUT2D eigenvalue weighted by molar-refractivity contribution is 0.413. The van der Waals surface area contributed by atoms with Gasteiger partial charge in [0.2, 0.25) is 0 Å². The van der Waals surface area contributed by atoms with E-state index in [2.05, 4.69) is 10.1 Å². The summed E-state index contributed by atoms with van der Waals surface area (Å²) in [4.78, 5) is 15.1. The van der Waals surface area contributed by atoms with Crippen molar-refractivity contribution in [2.24, 2.45) is 0 Å². The second-order valence-corrected chi connectivity index (χ2v) is 10.6. The highest BCUT2D eigenvalue weighted by Gasteiger charge is 2.21. The van der Waals surface area contributed by atoms with Gasteiger partial charge in [-0.05, 0) is 53.4 Å². The monoisotopic (exact) mass is 542 g/mol. The van der Waals surface area contributed by atoms with E-state index < -0.39 is 32.8 Å². The summed E-state index contributed by atoms with van der Waals surface area (Å²) >= 11 is 5.94. The van der Waals surface area contributed by atoms with Gasteiger partial charge in [-0.3, -0.25) is 4.79 Å². The van der Waals surface area contributed by atoms with Crippen LogP contribution in [0.15, 0.2) is 81.3 Å². The number of H-pyrrole nitrogens is 1. The molecule has 0 atom stereocenters. The Morgan fingerprint density at radius 3 is 2.51 bits per heavy atom. The highest BCUT2D eigenvalue weighted by molar-refractivity contribution is 7.90. The molecule has 0 aliphatic carbocycles. The fraction of sp³-hybridized carbons (Fsp3) is 0.0769. The number of fused-ring (bicyclic) bond motifs is 1. The summed E-state index contributed by atoms with van der Waals surface area (Å²) in [7, 11) is -2.44. The van der Waals surface area contributed by atoms with E-state index in [0.29, 0.717) is 16.5 Å². The minimum absolute atomic E-state index is 0.0666. The molecule has 0 radical (unpaired) electrons. The number of methoxy groups -OCH3 is 1. The number of aromatic amines is 1. The number of nitrogens with one attached hydrogen (secondary N) is 1. The van der Waals surface area contributed by atoms with Crippen LogP contribution in [0.4, 0.5) is 8.78 Å². The van der Waals surface area contributed by atoms with E-state index in [0.717, 1.165) is 12.1 Å². The Morgan fingerprint density at radius 2 is 1.81 bits per heavy atom. The van der Waals surface area contributed by atoms with Crippen molar-refractivity contribution in [1.82, 2.24) is 10.1 Å². The summed E-state index contributed by atoms with van der Waals surface area (Å²) in [5.74, 6) is -1.46. The van der Waals surface area contributed by atoms with Crippen molar-refractivity contribution in [1.29, 1.82) is 0 Å². The van der Waals surface area contributed by atoms with Gasteiger partial charge in [-0.1, -0.05) is 22.8 Å². The lowest BCUT2D eigenvalue weighted by Crippen LogP contribution is -2.10. The van der Waals surface area contributed by atoms with Gasteiger partial charge < -0.3 is 14.2 Å². The van der Waals surface area contributed by atoms with Crippen LogP contribution in [0.1, 0.15) is 5.69 Å². The molecule has 0 amide bonds. The fourth-order valence-electron chi connectivity index (χ4n) is 4.11. The molecule has 11 heteroatoms. The van der Waals surface area contributed by atoms with E-state index in [-0.39, 0.29) is 37.9 Å². The molecule has 2 aromatic heterocycles. The van der Waals surface area contributed by atoms with Gasteiger partial charge in [0.15, 0.2) is 9.84 Å². The van der Waals surface area contributed by atoms with Crippen LogP contribution in [0, 0.1) is 11.6 Å². The van der Waals surface area contributed by atoms with Crippen LogP contribution in [0.5, 0.6) is 5.75 Å². The van der Waals surface area contributed by atoms with Crippen LogP contribution < -0.4 is 10.3 Å². The van der Waals surface area contributed by atoms with E-state index in [9.17, 15) is 17.6 Å². The summed E-state index contributed by atoms with van der Waals surface area (Å²) in [6.45, 7) is 0. The van der Waals surface area contributed by atoms with Crippen LogP contribution in [-0.4, -0.2) is 25.7 Å². The van der Waals surface area contributed by atoms with Gasteiger partial charge in [-0.2, -0.15) is 0 Å². The van der Waals surface area contributed by atoms with Crippen molar-refractivity contribution in [3.63, 3.8) is 0 Å². The molecular weight excluding hydrogens is 526 g/mol. The molecule has 7 nitrogen and oxygen atoms in total. The minimum atomic E-state index is -3.83. The van der Waals surface area contributed by atoms with Gasteiger partial charge in [0.25, 0.3) is 5.56 Å². The van der Waals surface area contributed by atoms with Crippen molar-refractivity contribution in [3.05, 3.63) is 99.8 Å². The van der Waals surface area contributed by atoms with Gasteiger partial charge in [-0.15, -0.1) is 0 Å². The zero-order valence-electron chi connectivity index (χ0n) is 19.1. The second-order valence-electron chi connectivity index (χ2n) is 8.18. The Balaban J connectivity index is 1.65. The molecule has 1 N–H and O–H groups in total. The van der Waals surface area contributed by atoms with Gasteiger partial charge >= 0.3 is 0 Å². The summed E-state index contributed by atoms with van der Waals surface area (Å²) in [5.41, 5.74) is 0.684. The van der Waals surface area contributed by atoms with Crippen molar-refractivity contribution in [3.8, 4) is 28.0 Å². The molecule has 0 bridgehead atoms.